The Labute approximate surface area is 364 Å². The van der Waals surface area contributed by atoms with Gasteiger partial charge in [-0.25, -0.2) is 4.39 Å². The zero-order valence-electron chi connectivity index (χ0n) is 32.0. The molecule has 0 bridgehead atoms. The Morgan fingerprint density at radius 1 is 0.789 bits per heavy atom. The third kappa shape index (κ3) is 14.9. The van der Waals surface area contributed by atoms with Gasteiger partial charge >= 0.3 is 11.9 Å². The van der Waals surface area contributed by atoms with Gasteiger partial charge in [0.1, 0.15) is 25.5 Å². The van der Waals surface area contributed by atoms with E-state index in [-0.39, 0.29) is 47.3 Å². The van der Waals surface area contributed by atoms with Crippen molar-refractivity contribution in [3.8, 4) is 11.5 Å². The van der Waals surface area contributed by atoms with E-state index < -0.39 is 24.4 Å². The molecular formula is C41H45Br2Cl3FN3O7. The lowest BCUT2D eigenvalue weighted by Crippen LogP contribution is -2.29. The number of hydrogen-bond acceptors (Lipinski definition) is 7. The molecule has 0 radical (unpaired) electrons. The molecule has 57 heavy (non-hydrogen) atoms. The van der Waals surface area contributed by atoms with Crippen molar-refractivity contribution in [2.45, 2.75) is 85.6 Å². The summed E-state index contributed by atoms with van der Waals surface area (Å²) in [6, 6.07) is 16.0. The summed E-state index contributed by atoms with van der Waals surface area (Å²) in [5.74, 6) is -2.11. The molecule has 0 aliphatic carbocycles. The maximum atomic E-state index is 14.8. The predicted molar refractivity (Wildman–Crippen MR) is 232 cm³/mol. The molecule has 5 N–H and O–H groups in total. The van der Waals surface area contributed by atoms with Crippen LogP contribution in [0, 0.1) is 12.7 Å². The quantitative estimate of drug-likeness (QED) is 0.0658. The lowest BCUT2D eigenvalue weighted by atomic mass is 10.1. The molecule has 10 nitrogen and oxygen atoms in total. The molecule has 4 aromatic carbocycles. The van der Waals surface area contributed by atoms with Gasteiger partial charge in [-0.2, -0.15) is 0 Å². The molecule has 2 atom stereocenters. The molecule has 0 spiro atoms. The highest BCUT2D eigenvalue weighted by molar-refractivity contribution is 9.11. The topological polar surface area (TPSA) is 146 Å². The minimum atomic E-state index is -1.11. The van der Waals surface area contributed by atoms with Gasteiger partial charge in [0.05, 0.1) is 35.4 Å². The third-order valence-corrected chi connectivity index (χ3v) is 10.7. The van der Waals surface area contributed by atoms with Crippen molar-refractivity contribution in [3.05, 3.63) is 112 Å². The first-order chi connectivity index (χ1) is 26.9. The van der Waals surface area contributed by atoms with Gasteiger partial charge in [-0.05, 0) is 125 Å². The van der Waals surface area contributed by atoms with E-state index in [0.717, 1.165) is 29.7 Å². The molecule has 0 heterocycles. The molecular weight excluding hydrogens is 932 g/mol. The Morgan fingerprint density at radius 3 is 1.91 bits per heavy atom. The average Bonchev–Trinajstić information content (AvgIpc) is 3.15. The molecule has 308 valence electrons. The summed E-state index contributed by atoms with van der Waals surface area (Å²) in [4.78, 5) is 33.4. The molecule has 0 saturated heterocycles. The number of nitrogens with one attached hydrogen (secondary N) is 3. The Morgan fingerprint density at radius 2 is 1.35 bits per heavy atom. The van der Waals surface area contributed by atoms with Crippen LogP contribution in [-0.4, -0.2) is 46.7 Å². The van der Waals surface area contributed by atoms with Crippen molar-refractivity contribution in [3.63, 3.8) is 0 Å². The molecule has 0 fully saturated rings. The van der Waals surface area contributed by atoms with Gasteiger partial charge in [-0.3, -0.25) is 14.4 Å². The number of aryl methyl sites for hydroxylation is 2. The molecule has 0 aliphatic rings. The minimum absolute atomic E-state index is 0.0205. The summed E-state index contributed by atoms with van der Waals surface area (Å²) < 4.78 is 27.6. The smallest absolute Gasteiger partial charge is 0.322 e. The first-order valence-corrected chi connectivity index (χ1v) is 20.7. The molecule has 0 aliphatic heterocycles. The maximum absolute atomic E-state index is 14.8. The number of carboxylic acids is 2. The second kappa shape index (κ2) is 23.0. The van der Waals surface area contributed by atoms with E-state index in [0.29, 0.717) is 54.6 Å². The fourth-order valence-corrected chi connectivity index (χ4v) is 7.42. The fraction of sp³-hybridized carbons (Fsp3) is 0.341. The lowest BCUT2D eigenvalue weighted by molar-refractivity contribution is -0.137. The van der Waals surface area contributed by atoms with E-state index in [4.69, 9.17) is 54.5 Å². The summed E-state index contributed by atoms with van der Waals surface area (Å²) in [6.45, 7) is 9.84. The van der Waals surface area contributed by atoms with Crippen molar-refractivity contribution < 1.29 is 38.5 Å². The Kier molecular flexibility index (Phi) is 19.2. The van der Waals surface area contributed by atoms with Gasteiger partial charge in [0.2, 0.25) is 0 Å². The lowest BCUT2D eigenvalue weighted by Gasteiger charge is -2.17. The number of carboxylic acid groups (broad SMARTS) is 2. The SMILES string of the molecule is CCC(C)Nc1cc(C)cc(COc2c(Cl)cc(CCC(=O)O)cc2Cl)c1F.CCC(C)Nc1cccc(COc2c(Br)cc(C(=O)NCC(=O)O)cc2Br)c1Cl. The van der Waals surface area contributed by atoms with Crippen LogP contribution in [0.3, 0.4) is 0 Å². The largest absolute Gasteiger partial charge is 0.486 e. The summed E-state index contributed by atoms with van der Waals surface area (Å²) in [6.07, 6.45) is 2.14. The molecule has 0 aromatic heterocycles. The predicted octanol–water partition coefficient (Wildman–Crippen LogP) is 11.7. The van der Waals surface area contributed by atoms with Gasteiger partial charge in [-0.15, -0.1) is 0 Å². The monoisotopic (exact) mass is 973 g/mol. The van der Waals surface area contributed by atoms with E-state index in [9.17, 15) is 18.8 Å². The summed E-state index contributed by atoms with van der Waals surface area (Å²) in [7, 11) is 0. The number of benzene rings is 4. The number of aliphatic carboxylic acids is 2. The normalized spacial score (nSPS) is 11.8. The average molecular weight is 977 g/mol. The van der Waals surface area contributed by atoms with Crippen LogP contribution in [0.5, 0.6) is 11.5 Å². The Balaban J connectivity index is 0.000000306. The van der Waals surface area contributed by atoms with E-state index in [1.54, 1.807) is 36.4 Å². The first kappa shape index (κ1) is 47.6. The van der Waals surface area contributed by atoms with Crippen molar-refractivity contribution >= 4 is 95.9 Å². The van der Waals surface area contributed by atoms with Crippen LogP contribution in [0.4, 0.5) is 15.8 Å². The third-order valence-electron chi connectivity index (χ3n) is 8.49. The number of carbonyl (C=O) groups excluding carboxylic acids is 1. The number of anilines is 2. The molecule has 0 saturated carbocycles. The standard InChI is InChI=1S/C21H24Cl2FNO3.C20H21Br2ClN2O4/c1-4-13(3)25-18-8-12(2)7-15(20(18)24)11-28-21-16(22)9-14(10-17(21)23)5-6-19(26)27;1-3-11(2)25-16-6-4-5-12(18(16)23)10-29-19-14(21)7-13(8-15(19)22)20(28)24-9-17(26)27/h7-10,13,25H,4-6,11H2,1-3H3,(H,26,27);4-8,11,25H,3,9-10H2,1-2H3,(H,24,28)(H,26,27). The van der Waals surface area contributed by atoms with Gasteiger partial charge < -0.3 is 35.6 Å². The van der Waals surface area contributed by atoms with E-state index in [2.05, 4.69) is 61.7 Å². The second-order valence-corrected chi connectivity index (χ2v) is 16.1. The molecule has 4 rings (SSSR count). The summed E-state index contributed by atoms with van der Waals surface area (Å²) in [5.41, 5.74) is 4.42. The number of hydrogen-bond donors (Lipinski definition) is 5. The highest BCUT2D eigenvalue weighted by atomic mass is 79.9. The van der Waals surface area contributed by atoms with Crippen LogP contribution in [0.25, 0.3) is 0 Å². The molecule has 1 amide bonds. The van der Waals surface area contributed by atoms with Crippen LogP contribution in [0.2, 0.25) is 15.1 Å². The molecule has 2 unspecified atom stereocenters. The highest BCUT2D eigenvalue weighted by Crippen LogP contribution is 2.37. The summed E-state index contributed by atoms with van der Waals surface area (Å²) in [5, 5.41) is 27.4. The van der Waals surface area contributed by atoms with Crippen LogP contribution >= 0.6 is 66.7 Å². The number of ether oxygens (including phenoxy) is 2. The van der Waals surface area contributed by atoms with Gasteiger partial charge in [0, 0.05) is 35.2 Å². The zero-order valence-corrected chi connectivity index (χ0v) is 37.4. The van der Waals surface area contributed by atoms with Crippen LogP contribution in [0.15, 0.2) is 63.5 Å². The van der Waals surface area contributed by atoms with Crippen molar-refractivity contribution in [1.29, 1.82) is 0 Å². The molecule has 16 heteroatoms. The maximum Gasteiger partial charge on any atom is 0.322 e. The van der Waals surface area contributed by atoms with Gasteiger partial charge in [0.15, 0.2) is 11.6 Å². The summed E-state index contributed by atoms with van der Waals surface area (Å²) >= 11 is 25.8. The first-order valence-electron chi connectivity index (χ1n) is 18.0. The second-order valence-electron chi connectivity index (χ2n) is 13.2. The Hall–Kier alpha value is -3.75. The van der Waals surface area contributed by atoms with Gasteiger partial charge in [0.25, 0.3) is 5.91 Å². The number of halogens is 6. The number of amides is 1. The Bertz CT molecular complexity index is 2010. The van der Waals surface area contributed by atoms with E-state index in [1.807, 2.05) is 39.0 Å². The van der Waals surface area contributed by atoms with Crippen LogP contribution in [0.1, 0.15) is 79.6 Å². The number of rotatable bonds is 18. The number of carbonyl (C=O) groups is 3. The highest BCUT2D eigenvalue weighted by Gasteiger charge is 2.18. The zero-order chi connectivity index (χ0) is 42.4. The van der Waals surface area contributed by atoms with Crippen molar-refractivity contribution in [2.75, 3.05) is 17.2 Å². The van der Waals surface area contributed by atoms with Gasteiger partial charge in [-0.1, -0.05) is 60.8 Å². The van der Waals surface area contributed by atoms with Crippen LogP contribution in [-0.2, 0) is 29.2 Å². The van der Waals surface area contributed by atoms with E-state index >= 15 is 0 Å². The minimum Gasteiger partial charge on any atom is -0.486 e. The van der Waals surface area contributed by atoms with Crippen molar-refractivity contribution in [2.24, 2.45) is 0 Å². The van der Waals surface area contributed by atoms with Crippen LogP contribution < -0.4 is 25.4 Å². The van der Waals surface area contributed by atoms with E-state index in [1.165, 1.54) is 0 Å². The van der Waals surface area contributed by atoms with Crippen molar-refractivity contribution in [1.82, 2.24) is 5.32 Å². The molecule has 4 aromatic rings. The fourth-order valence-electron chi connectivity index (χ4n) is 5.12.